The highest BCUT2D eigenvalue weighted by Crippen LogP contribution is 2.39. The van der Waals surface area contributed by atoms with Crippen LogP contribution in [0.2, 0.25) is 0 Å². The van der Waals surface area contributed by atoms with Crippen molar-refractivity contribution in [1.29, 1.82) is 0 Å². The highest BCUT2D eigenvalue weighted by Gasteiger charge is 2.33. The topological polar surface area (TPSA) is 90.6 Å². The Morgan fingerprint density at radius 2 is 1.69 bits per heavy atom. The number of thioether (sulfide) groups is 1. The van der Waals surface area contributed by atoms with Gasteiger partial charge in [0.25, 0.3) is 0 Å². The number of halogens is 6. The fraction of sp³-hybridized carbons (Fsp3) is 0.294. The summed E-state index contributed by atoms with van der Waals surface area (Å²) in [5.74, 6) is -0.724. The second-order valence-corrected chi connectivity index (χ2v) is 9.69. The summed E-state index contributed by atoms with van der Waals surface area (Å²) in [5.41, 5.74) is -6.12. The van der Waals surface area contributed by atoms with Crippen LogP contribution in [-0.2, 0) is 23.1 Å². The lowest BCUT2D eigenvalue weighted by Gasteiger charge is -2.12. The Bertz CT molecular complexity index is 1260. The maximum Gasteiger partial charge on any atom is 0.446 e. The van der Waals surface area contributed by atoms with Crippen molar-refractivity contribution in [1.82, 2.24) is 24.7 Å². The van der Waals surface area contributed by atoms with Crippen LogP contribution in [0, 0.1) is 0 Å². The molecule has 0 N–H and O–H groups in total. The molecule has 0 radical (unpaired) electrons. The van der Waals surface area contributed by atoms with Crippen LogP contribution >= 0.6 is 11.8 Å². The molecule has 3 aromatic rings. The minimum absolute atomic E-state index is 0.124. The maximum atomic E-state index is 13.0. The molecule has 0 fully saturated rings. The lowest BCUT2D eigenvalue weighted by atomic mass is 10.2. The van der Waals surface area contributed by atoms with Crippen LogP contribution in [0.3, 0.4) is 0 Å². The number of nitrogens with zero attached hydrogens (tertiary/aromatic N) is 5. The first-order chi connectivity index (χ1) is 14.7. The van der Waals surface area contributed by atoms with E-state index in [1.165, 1.54) is 14.0 Å². The smallest absolute Gasteiger partial charge is 0.307 e. The van der Waals surface area contributed by atoms with Gasteiger partial charge in [0.1, 0.15) is 11.4 Å². The van der Waals surface area contributed by atoms with E-state index in [2.05, 4.69) is 20.2 Å². The Hall–Kier alpha value is -2.68. The quantitative estimate of drug-likeness (QED) is 0.382. The molecule has 0 amide bonds. The van der Waals surface area contributed by atoms with E-state index in [9.17, 15) is 34.8 Å². The number of pyridine rings is 2. The first kappa shape index (κ1) is 24.0. The summed E-state index contributed by atoms with van der Waals surface area (Å²) in [4.78, 5) is 6.74. The number of sulfone groups is 1. The molecule has 0 aliphatic carbocycles. The Morgan fingerprint density at radius 1 is 1.03 bits per heavy atom. The third-order valence-electron chi connectivity index (χ3n) is 4.18. The van der Waals surface area contributed by atoms with Gasteiger partial charge in [-0.25, -0.2) is 8.42 Å². The van der Waals surface area contributed by atoms with Crippen molar-refractivity contribution in [3.63, 3.8) is 0 Å². The van der Waals surface area contributed by atoms with E-state index in [1.807, 2.05) is 0 Å². The van der Waals surface area contributed by atoms with E-state index in [1.54, 1.807) is 0 Å². The highest BCUT2D eigenvalue weighted by molar-refractivity contribution is 8.00. The van der Waals surface area contributed by atoms with Crippen molar-refractivity contribution in [3.8, 4) is 23.0 Å². The van der Waals surface area contributed by atoms with E-state index in [4.69, 9.17) is 0 Å². The van der Waals surface area contributed by atoms with Gasteiger partial charge in [-0.15, -0.1) is 10.2 Å². The molecular weight excluding hydrogens is 484 g/mol. The van der Waals surface area contributed by atoms with Crippen LogP contribution in [0.4, 0.5) is 26.3 Å². The number of hydrogen-bond donors (Lipinski definition) is 0. The number of aromatic nitrogens is 5. The van der Waals surface area contributed by atoms with Crippen LogP contribution in [0.5, 0.6) is 0 Å². The average molecular weight is 497 g/mol. The standard InChI is InChI=1S/C17H13F6N5O2S2/c1-3-32(29,30)12-7-10(31-17(21,22)23)8-25-13(12)15-27-26-14(28(15)2)11-6-9(4-5-24-11)16(18,19)20/h4-8H,3H2,1-2H3. The van der Waals surface area contributed by atoms with Crippen molar-refractivity contribution in [3.05, 3.63) is 36.2 Å². The summed E-state index contributed by atoms with van der Waals surface area (Å²) in [5, 5.41) is 7.58. The van der Waals surface area contributed by atoms with Crippen molar-refractivity contribution in [2.75, 3.05) is 5.75 Å². The van der Waals surface area contributed by atoms with E-state index in [0.717, 1.165) is 35.2 Å². The molecule has 3 heterocycles. The lowest BCUT2D eigenvalue weighted by molar-refractivity contribution is -0.137. The van der Waals surface area contributed by atoms with E-state index >= 15 is 0 Å². The summed E-state index contributed by atoms with van der Waals surface area (Å²) < 4.78 is 103. The van der Waals surface area contributed by atoms with Crippen LogP contribution < -0.4 is 0 Å². The molecule has 3 rings (SSSR count). The van der Waals surface area contributed by atoms with Gasteiger partial charge in [-0.1, -0.05) is 6.92 Å². The maximum absolute atomic E-state index is 13.0. The molecule has 7 nitrogen and oxygen atoms in total. The van der Waals surface area contributed by atoms with Crippen molar-refractivity contribution in [2.45, 2.75) is 28.4 Å². The van der Waals surface area contributed by atoms with Gasteiger partial charge < -0.3 is 4.57 Å². The summed E-state index contributed by atoms with van der Waals surface area (Å²) in [6.07, 6.45) is -2.87. The van der Waals surface area contributed by atoms with Gasteiger partial charge >= 0.3 is 11.7 Å². The molecule has 0 saturated heterocycles. The second-order valence-electron chi connectivity index (χ2n) is 6.30. The van der Waals surface area contributed by atoms with Gasteiger partial charge in [-0.2, -0.15) is 26.3 Å². The second kappa shape index (κ2) is 8.35. The van der Waals surface area contributed by atoms with Crippen LogP contribution in [-0.4, -0.2) is 44.4 Å². The molecule has 0 bridgehead atoms. The molecule has 0 spiro atoms. The average Bonchev–Trinajstić information content (AvgIpc) is 3.07. The van der Waals surface area contributed by atoms with Gasteiger partial charge in [-0.05, 0) is 30.0 Å². The summed E-state index contributed by atoms with van der Waals surface area (Å²) in [7, 11) is -2.70. The molecule has 0 aliphatic heterocycles. The van der Waals surface area contributed by atoms with Gasteiger partial charge in [0.2, 0.25) is 0 Å². The largest absolute Gasteiger partial charge is 0.446 e. The highest BCUT2D eigenvalue weighted by atomic mass is 32.2. The fourth-order valence-electron chi connectivity index (χ4n) is 2.66. The van der Waals surface area contributed by atoms with Gasteiger partial charge in [0, 0.05) is 24.3 Å². The molecule has 0 saturated carbocycles. The predicted molar refractivity (Wildman–Crippen MR) is 102 cm³/mol. The Kier molecular flexibility index (Phi) is 6.25. The van der Waals surface area contributed by atoms with E-state index in [0.29, 0.717) is 0 Å². The summed E-state index contributed by atoms with van der Waals surface area (Å²) in [6.45, 7) is 1.30. The summed E-state index contributed by atoms with van der Waals surface area (Å²) in [6, 6.07) is 2.34. The first-order valence-corrected chi connectivity index (χ1v) is 11.1. The molecule has 0 unspecified atom stereocenters. The Balaban J connectivity index is 2.15. The Morgan fingerprint density at radius 3 is 2.28 bits per heavy atom. The molecule has 15 heteroatoms. The monoisotopic (exact) mass is 497 g/mol. The lowest BCUT2D eigenvalue weighted by Crippen LogP contribution is -2.10. The van der Waals surface area contributed by atoms with Crippen molar-refractivity contribution >= 4 is 21.6 Å². The van der Waals surface area contributed by atoms with Crippen LogP contribution in [0.1, 0.15) is 12.5 Å². The number of rotatable bonds is 5. The SMILES string of the molecule is CCS(=O)(=O)c1cc(SC(F)(F)F)cnc1-c1nnc(-c2cc(C(F)(F)F)ccn2)n1C. The van der Waals surface area contributed by atoms with Crippen molar-refractivity contribution in [2.24, 2.45) is 7.05 Å². The minimum atomic E-state index is -4.66. The summed E-state index contributed by atoms with van der Waals surface area (Å²) >= 11 is -0.531. The molecule has 172 valence electrons. The molecule has 0 atom stereocenters. The zero-order valence-corrected chi connectivity index (χ0v) is 17.9. The third-order valence-corrected chi connectivity index (χ3v) is 6.61. The number of hydrogen-bond acceptors (Lipinski definition) is 7. The number of alkyl halides is 6. The minimum Gasteiger partial charge on any atom is -0.307 e. The molecule has 3 aromatic heterocycles. The van der Waals surface area contributed by atoms with E-state index in [-0.39, 0.29) is 23.0 Å². The third kappa shape index (κ3) is 5.03. The Labute approximate surface area is 181 Å². The molecule has 32 heavy (non-hydrogen) atoms. The molecule has 0 aliphatic rings. The first-order valence-electron chi connectivity index (χ1n) is 8.65. The van der Waals surface area contributed by atoms with Gasteiger partial charge in [0.15, 0.2) is 21.5 Å². The molecule has 0 aromatic carbocycles. The fourth-order valence-corrected chi connectivity index (χ4v) is 4.34. The van der Waals surface area contributed by atoms with Crippen LogP contribution in [0.15, 0.2) is 40.4 Å². The van der Waals surface area contributed by atoms with Crippen LogP contribution in [0.25, 0.3) is 23.0 Å². The molecular formula is C17H13F6N5O2S2. The normalized spacial score (nSPS) is 12.9. The zero-order chi connectivity index (χ0) is 23.9. The zero-order valence-electron chi connectivity index (χ0n) is 16.2. The van der Waals surface area contributed by atoms with Gasteiger partial charge in [0.05, 0.1) is 16.2 Å². The van der Waals surface area contributed by atoms with E-state index < -0.39 is 54.4 Å². The van der Waals surface area contributed by atoms with Gasteiger partial charge in [-0.3, -0.25) is 9.97 Å². The van der Waals surface area contributed by atoms with Crippen molar-refractivity contribution < 1.29 is 34.8 Å². The predicted octanol–water partition coefficient (Wildman–Crippen LogP) is 4.36.